The predicted molar refractivity (Wildman–Crippen MR) is 173 cm³/mol. The van der Waals surface area contributed by atoms with Gasteiger partial charge in [0.1, 0.15) is 22.7 Å². The summed E-state index contributed by atoms with van der Waals surface area (Å²) in [5, 5.41) is 0.932. The van der Waals surface area contributed by atoms with E-state index in [4.69, 9.17) is 37.8 Å². The summed E-state index contributed by atoms with van der Waals surface area (Å²) >= 11 is 6.28. The van der Waals surface area contributed by atoms with Crippen molar-refractivity contribution in [3.05, 3.63) is 64.4 Å². The maximum absolute atomic E-state index is 15.2. The van der Waals surface area contributed by atoms with Crippen LogP contribution in [0.2, 0.25) is 5.02 Å². The molecule has 3 aromatic heterocycles. The van der Waals surface area contributed by atoms with Crippen LogP contribution in [-0.4, -0.2) is 61.6 Å². The summed E-state index contributed by atoms with van der Waals surface area (Å²) in [5.74, 6) is 0.619. The lowest BCUT2D eigenvalue weighted by Crippen LogP contribution is -2.41. The predicted octanol–water partition coefficient (Wildman–Crippen LogP) is 5.13. The molecule has 3 aliphatic rings. The summed E-state index contributed by atoms with van der Waals surface area (Å²) in [6.45, 7) is 1.40. The van der Waals surface area contributed by atoms with E-state index in [-0.39, 0.29) is 34.1 Å². The Morgan fingerprint density at radius 1 is 1.09 bits per heavy atom. The van der Waals surface area contributed by atoms with Gasteiger partial charge in [0.15, 0.2) is 5.82 Å². The third-order valence-electron chi connectivity index (χ3n) is 10.0. The minimum absolute atomic E-state index is 0.0292. The SMILES string of the molecule is COc1cc(C(=O)N2CC3CCC2[C@@H]3N)cc2nc(-c3cc4ccc(-c5cc(Cl)c(C(N)=O)cc5F)nc4n3CC3CC3)n(C)c12. The lowest BCUT2D eigenvalue weighted by molar-refractivity contribution is 0.0700. The average Bonchev–Trinajstić information content (AvgIpc) is 3.45. The molecule has 2 aliphatic carbocycles. The van der Waals surface area contributed by atoms with Crippen LogP contribution in [0.5, 0.6) is 5.75 Å². The summed E-state index contributed by atoms with van der Waals surface area (Å²) in [6, 6.07) is 11.8. The zero-order chi connectivity index (χ0) is 32.0. The smallest absolute Gasteiger partial charge is 0.254 e. The number of carbonyl (C=O) groups is 2. The number of pyridine rings is 1. The quantitative estimate of drug-likeness (QED) is 0.253. The van der Waals surface area contributed by atoms with Crippen molar-refractivity contribution < 1.29 is 18.7 Å². The molecule has 46 heavy (non-hydrogen) atoms. The summed E-state index contributed by atoms with van der Waals surface area (Å²) < 4.78 is 25.1. The van der Waals surface area contributed by atoms with Crippen LogP contribution in [0.1, 0.15) is 46.4 Å². The Labute approximate surface area is 269 Å². The molecule has 8 rings (SSSR count). The number of hydrogen-bond acceptors (Lipinski definition) is 6. The highest BCUT2D eigenvalue weighted by Gasteiger charge is 2.47. The van der Waals surface area contributed by atoms with Crippen molar-refractivity contribution in [3.63, 3.8) is 0 Å². The summed E-state index contributed by atoms with van der Waals surface area (Å²) in [7, 11) is 3.53. The molecule has 12 heteroatoms. The van der Waals surface area contributed by atoms with Crippen molar-refractivity contribution in [2.75, 3.05) is 13.7 Å². The number of imidazole rings is 1. The molecule has 236 valence electrons. The average molecular weight is 642 g/mol. The topological polar surface area (TPSA) is 134 Å². The number of benzene rings is 2. The number of aromatic nitrogens is 4. The molecule has 10 nitrogen and oxygen atoms in total. The first kappa shape index (κ1) is 29.0. The second-order valence-electron chi connectivity index (χ2n) is 12.8. The minimum atomic E-state index is -0.801. The molecule has 0 spiro atoms. The highest BCUT2D eigenvalue weighted by molar-refractivity contribution is 6.34. The molecule has 3 atom stereocenters. The molecule has 2 amide bonds. The van der Waals surface area contributed by atoms with Gasteiger partial charge in [-0.25, -0.2) is 14.4 Å². The fourth-order valence-corrected chi connectivity index (χ4v) is 7.66. The normalized spacial score (nSPS) is 20.7. The molecular formula is C34H33ClFN7O3. The number of methoxy groups -OCH3 is 1. The zero-order valence-electron chi connectivity index (χ0n) is 25.5. The minimum Gasteiger partial charge on any atom is -0.494 e. The van der Waals surface area contributed by atoms with Crippen LogP contribution in [0.3, 0.4) is 0 Å². The van der Waals surface area contributed by atoms with Gasteiger partial charge in [-0.3, -0.25) is 9.59 Å². The molecule has 4 N–H and O–H groups in total. The fraction of sp³-hybridized carbons (Fsp3) is 0.353. The Kier molecular flexibility index (Phi) is 6.63. The van der Waals surface area contributed by atoms with Gasteiger partial charge in [-0.15, -0.1) is 0 Å². The largest absolute Gasteiger partial charge is 0.494 e. The number of piperidine rings is 1. The van der Waals surface area contributed by atoms with Gasteiger partial charge < -0.3 is 30.2 Å². The molecule has 4 heterocycles. The molecule has 5 aromatic rings. The number of carbonyl (C=O) groups excluding carboxylic acids is 2. The summed E-state index contributed by atoms with van der Waals surface area (Å²) in [5.41, 5.74) is 15.7. The number of fused-ring (bicyclic) bond motifs is 4. The highest BCUT2D eigenvalue weighted by atomic mass is 35.5. The monoisotopic (exact) mass is 641 g/mol. The number of hydrogen-bond donors (Lipinski definition) is 2. The molecule has 2 unspecified atom stereocenters. The fourth-order valence-electron chi connectivity index (χ4n) is 7.40. The number of halogens is 2. The number of likely N-dealkylation sites (tertiary alicyclic amines) is 1. The number of rotatable bonds is 7. The summed E-state index contributed by atoms with van der Waals surface area (Å²) in [6.07, 6.45) is 4.23. The maximum atomic E-state index is 15.2. The molecule has 1 saturated heterocycles. The van der Waals surface area contributed by atoms with Crippen LogP contribution < -0.4 is 16.2 Å². The van der Waals surface area contributed by atoms with Crippen LogP contribution in [0.15, 0.2) is 42.5 Å². The van der Waals surface area contributed by atoms with Crippen molar-refractivity contribution in [3.8, 4) is 28.5 Å². The van der Waals surface area contributed by atoms with Crippen LogP contribution in [0, 0.1) is 17.7 Å². The standard InChI is InChI=1S/C34H33ClFN7O3/c1-41-30-25(9-19(11-28(30)46-2)34(45)43-15-18-6-8-26(43)29(18)37)40-33(41)27-10-17-5-7-24(39-32(17)42(27)14-16-3-4-16)21-12-22(35)20(31(38)44)13-23(21)36/h5,7,9-13,16,18,26,29H,3-4,6,8,14-15,37H2,1-2H3,(H2,38,44)/t18?,26?,29-/m1/s1. The Hall–Kier alpha value is -4.48. The van der Waals surface area contributed by atoms with E-state index in [1.54, 1.807) is 19.2 Å². The molecule has 1 aliphatic heterocycles. The van der Waals surface area contributed by atoms with Gasteiger partial charge in [0.05, 0.1) is 34.6 Å². The number of amides is 2. The summed E-state index contributed by atoms with van der Waals surface area (Å²) in [4.78, 5) is 37.3. The Balaban J connectivity index is 1.24. The number of ether oxygens (including phenoxy) is 1. The first-order valence-corrected chi connectivity index (χ1v) is 15.9. The number of aryl methyl sites for hydroxylation is 1. The van der Waals surface area contributed by atoms with Gasteiger partial charge in [0, 0.05) is 48.7 Å². The Morgan fingerprint density at radius 2 is 1.89 bits per heavy atom. The molecule has 2 aromatic carbocycles. The van der Waals surface area contributed by atoms with Crippen molar-refractivity contribution in [1.82, 2.24) is 24.0 Å². The maximum Gasteiger partial charge on any atom is 0.254 e. The number of nitrogens with zero attached hydrogens (tertiary/aromatic N) is 5. The van der Waals surface area contributed by atoms with Gasteiger partial charge in [-0.1, -0.05) is 11.6 Å². The molecule has 2 bridgehead atoms. The lowest BCUT2D eigenvalue weighted by atomic mass is 10.1. The van der Waals surface area contributed by atoms with Gasteiger partial charge in [-0.2, -0.15) is 0 Å². The molecular weight excluding hydrogens is 609 g/mol. The third-order valence-corrected chi connectivity index (χ3v) is 10.3. The van der Waals surface area contributed by atoms with Gasteiger partial charge in [0.2, 0.25) is 5.91 Å². The van der Waals surface area contributed by atoms with Crippen molar-refractivity contribution in [2.45, 2.75) is 44.3 Å². The number of primary amides is 1. The van der Waals surface area contributed by atoms with E-state index in [1.165, 1.54) is 6.07 Å². The first-order valence-electron chi connectivity index (χ1n) is 15.5. The lowest BCUT2D eigenvalue weighted by Gasteiger charge is -2.27. The van der Waals surface area contributed by atoms with E-state index >= 15 is 4.39 Å². The van der Waals surface area contributed by atoms with Gasteiger partial charge in [0.25, 0.3) is 5.91 Å². The van der Waals surface area contributed by atoms with Crippen LogP contribution in [0.25, 0.3) is 44.8 Å². The van der Waals surface area contributed by atoms with Crippen LogP contribution in [-0.2, 0) is 13.6 Å². The van der Waals surface area contributed by atoms with Crippen LogP contribution in [0.4, 0.5) is 4.39 Å². The van der Waals surface area contributed by atoms with Gasteiger partial charge >= 0.3 is 0 Å². The highest BCUT2D eigenvalue weighted by Crippen LogP contribution is 2.40. The van der Waals surface area contributed by atoms with E-state index in [1.807, 2.05) is 34.7 Å². The van der Waals surface area contributed by atoms with E-state index in [2.05, 4.69) is 4.57 Å². The number of nitrogens with two attached hydrogens (primary N) is 2. The molecule has 2 saturated carbocycles. The first-order chi connectivity index (χ1) is 22.1. The van der Waals surface area contributed by atoms with Crippen molar-refractivity contribution in [2.24, 2.45) is 30.4 Å². The van der Waals surface area contributed by atoms with E-state index < -0.39 is 11.7 Å². The van der Waals surface area contributed by atoms with E-state index in [0.29, 0.717) is 52.4 Å². The van der Waals surface area contributed by atoms with Crippen LogP contribution >= 0.6 is 11.6 Å². The van der Waals surface area contributed by atoms with E-state index in [9.17, 15) is 9.59 Å². The van der Waals surface area contributed by atoms with Gasteiger partial charge in [-0.05, 0) is 80.0 Å². The van der Waals surface area contributed by atoms with E-state index in [0.717, 1.165) is 54.9 Å². The Bertz CT molecular complexity index is 2100. The second-order valence-corrected chi connectivity index (χ2v) is 13.3. The Morgan fingerprint density at radius 3 is 2.57 bits per heavy atom. The zero-order valence-corrected chi connectivity index (χ0v) is 26.2. The third kappa shape index (κ3) is 4.47. The van der Waals surface area contributed by atoms with Crippen molar-refractivity contribution >= 4 is 45.5 Å². The molecule has 3 fully saturated rings. The van der Waals surface area contributed by atoms with Crippen molar-refractivity contribution in [1.29, 1.82) is 0 Å². The second kappa shape index (κ2) is 10.5. The molecule has 0 radical (unpaired) electrons.